The van der Waals surface area contributed by atoms with Crippen LogP contribution in [0, 0.1) is 0 Å². The molecule has 2 heterocycles. The summed E-state index contributed by atoms with van der Waals surface area (Å²) >= 11 is 7.08. The Kier molecular flexibility index (Phi) is 3.94. The predicted octanol–water partition coefficient (Wildman–Crippen LogP) is 3.26. The molecule has 4 nitrogen and oxygen atoms in total. The predicted molar refractivity (Wildman–Crippen MR) is 84.1 cm³/mol. The van der Waals surface area contributed by atoms with Crippen molar-refractivity contribution in [3.8, 4) is 0 Å². The van der Waals surface area contributed by atoms with Crippen LogP contribution in [0.4, 0.5) is 5.69 Å². The van der Waals surface area contributed by atoms with E-state index in [0.717, 1.165) is 11.3 Å². The zero-order chi connectivity index (χ0) is 14.8. The first kappa shape index (κ1) is 14.1. The molecule has 2 aromatic rings. The van der Waals surface area contributed by atoms with Crippen LogP contribution < -0.4 is 10.6 Å². The number of halogens is 1. The van der Waals surface area contributed by atoms with Crippen molar-refractivity contribution in [3.05, 3.63) is 51.2 Å². The zero-order valence-corrected chi connectivity index (χ0v) is 12.6. The van der Waals surface area contributed by atoms with Gasteiger partial charge in [-0.15, -0.1) is 11.3 Å². The Morgan fingerprint density at radius 2 is 2.19 bits per heavy atom. The monoisotopic (exact) mass is 320 g/mol. The van der Waals surface area contributed by atoms with E-state index in [2.05, 4.69) is 10.6 Å². The SMILES string of the molecule is O=C1CC(c2cccc(NC(=O)c3ccc(Cl)s3)c2)CN1. The van der Waals surface area contributed by atoms with Gasteiger partial charge in [0, 0.05) is 24.6 Å². The van der Waals surface area contributed by atoms with Gasteiger partial charge in [0.15, 0.2) is 0 Å². The molecule has 0 spiro atoms. The van der Waals surface area contributed by atoms with E-state index < -0.39 is 0 Å². The average Bonchev–Trinajstić information content (AvgIpc) is 3.08. The van der Waals surface area contributed by atoms with E-state index in [0.29, 0.717) is 22.2 Å². The van der Waals surface area contributed by atoms with E-state index in [1.54, 1.807) is 12.1 Å². The molecule has 2 amide bonds. The standard InChI is InChI=1S/C15H13ClN2O2S/c16-13-5-4-12(21-13)15(20)18-11-3-1-2-9(6-11)10-7-14(19)17-8-10/h1-6,10H,7-8H2,(H,17,19)(H,18,20). The van der Waals surface area contributed by atoms with Gasteiger partial charge < -0.3 is 10.6 Å². The third kappa shape index (κ3) is 3.25. The lowest BCUT2D eigenvalue weighted by molar-refractivity contribution is -0.119. The van der Waals surface area contributed by atoms with Crippen molar-refractivity contribution in [2.45, 2.75) is 12.3 Å². The fourth-order valence-electron chi connectivity index (χ4n) is 2.34. The molecule has 6 heteroatoms. The molecule has 1 saturated heterocycles. The number of benzene rings is 1. The fourth-order valence-corrected chi connectivity index (χ4v) is 3.28. The molecular formula is C15H13ClN2O2S. The normalized spacial score (nSPS) is 17.6. The third-order valence-electron chi connectivity index (χ3n) is 3.39. The van der Waals surface area contributed by atoms with Gasteiger partial charge in [0.1, 0.15) is 0 Å². The Bertz CT molecular complexity index is 698. The van der Waals surface area contributed by atoms with Gasteiger partial charge in [-0.1, -0.05) is 23.7 Å². The highest BCUT2D eigenvalue weighted by Crippen LogP contribution is 2.26. The lowest BCUT2D eigenvalue weighted by atomic mass is 9.98. The van der Waals surface area contributed by atoms with Crippen molar-refractivity contribution in [2.75, 3.05) is 11.9 Å². The first-order chi connectivity index (χ1) is 10.1. The van der Waals surface area contributed by atoms with Gasteiger partial charge in [0.05, 0.1) is 9.21 Å². The zero-order valence-electron chi connectivity index (χ0n) is 11.1. The highest BCUT2D eigenvalue weighted by Gasteiger charge is 2.23. The summed E-state index contributed by atoms with van der Waals surface area (Å²) in [7, 11) is 0. The number of hydrogen-bond acceptors (Lipinski definition) is 3. The largest absolute Gasteiger partial charge is 0.355 e. The molecule has 2 N–H and O–H groups in total. The number of nitrogens with one attached hydrogen (secondary N) is 2. The summed E-state index contributed by atoms with van der Waals surface area (Å²) in [6.07, 6.45) is 0.498. The maximum Gasteiger partial charge on any atom is 0.265 e. The average molecular weight is 321 g/mol. The second-order valence-corrected chi connectivity index (χ2v) is 6.60. The van der Waals surface area contributed by atoms with Crippen molar-refractivity contribution in [1.82, 2.24) is 5.32 Å². The molecule has 0 saturated carbocycles. The van der Waals surface area contributed by atoms with Crippen LogP contribution >= 0.6 is 22.9 Å². The summed E-state index contributed by atoms with van der Waals surface area (Å²) in [5, 5.41) is 5.67. The number of rotatable bonds is 3. The molecule has 0 radical (unpaired) electrons. The number of hydrogen-bond donors (Lipinski definition) is 2. The van der Waals surface area contributed by atoms with Gasteiger partial charge in [-0.25, -0.2) is 0 Å². The van der Waals surface area contributed by atoms with Crippen LogP contribution in [0.15, 0.2) is 36.4 Å². The Morgan fingerprint density at radius 3 is 2.86 bits per heavy atom. The van der Waals surface area contributed by atoms with E-state index in [-0.39, 0.29) is 17.7 Å². The molecule has 1 fully saturated rings. The van der Waals surface area contributed by atoms with Gasteiger partial charge in [-0.05, 0) is 29.8 Å². The quantitative estimate of drug-likeness (QED) is 0.912. The van der Waals surface area contributed by atoms with Gasteiger partial charge in [0.25, 0.3) is 5.91 Å². The summed E-state index contributed by atoms with van der Waals surface area (Å²) in [5.74, 6) is 0.0675. The highest BCUT2D eigenvalue weighted by molar-refractivity contribution is 7.18. The van der Waals surface area contributed by atoms with Crippen molar-refractivity contribution in [1.29, 1.82) is 0 Å². The van der Waals surface area contributed by atoms with Gasteiger partial charge in [0.2, 0.25) is 5.91 Å². The molecule has 0 bridgehead atoms. The van der Waals surface area contributed by atoms with E-state index in [9.17, 15) is 9.59 Å². The molecule has 0 aliphatic carbocycles. The second-order valence-electron chi connectivity index (χ2n) is 4.89. The molecule has 1 aliphatic heterocycles. The van der Waals surface area contributed by atoms with Crippen molar-refractivity contribution < 1.29 is 9.59 Å². The molecule has 1 unspecified atom stereocenters. The Labute approximate surface area is 131 Å². The van der Waals surface area contributed by atoms with Gasteiger partial charge >= 0.3 is 0 Å². The summed E-state index contributed by atoms with van der Waals surface area (Å²) in [5.41, 5.74) is 1.77. The maximum absolute atomic E-state index is 12.1. The highest BCUT2D eigenvalue weighted by atomic mass is 35.5. The Hall–Kier alpha value is -1.85. The number of amides is 2. The topological polar surface area (TPSA) is 58.2 Å². The van der Waals surface area contributed by atoms with E-state index in [4.69, 9.17) is 11.6 Å². The molecule has 1 aliphatic rings. The fraction of sp³-hybridized carbons (Fsp3) is 0.200. The Morgan fingerprint density at radius 1 is 1.33 bits per heavy atom. The summed E-state index contributed by atoms with van der Waals surface area (Å²) < 4.78 is 0.587. The number of thiophene rings is 1. The Balaban J connectivity index is 1.74. The van der Waals surface area contributed by atoms with Crippen molar-refractivity contribution in [2.24, 2.45) is 0 Å². The van der Waals surface area contributed by atoms with Crippen molar-refractivity contribution >= 4 is 40.4 Å². The van der Waals surface area contributed by atoms with E-state index in [1.807, 2.05) is 24.3 Å². The lowest BCUT2D eigenvalue weighted by Crippen LogP contribution is -2.13. The van der Waals surface area contributed by atoms with Gasteiger partial charge in [-0.3, -0.25) is 9.59 Å². The van der Waals surface area contributed by atoms with Gasteiger partial charge in [-0.2, -0.15) is 0 Å². The summed E-state index contributed by atoms with van der Waals surface area (Å²) in [6, 6.07) is 11.0. The molecule has 1 aromatic carbocycles. The van der Waals surface area contributed by atoms with Crippen LogP contribution in [-0.2, 0) is 4.79 Å². The smallest absolute Gasteiger partial charge is 0.265 e. The molecule has 1 aromatic heterocycles. The summed E-state index contributed by atoms with van der Waals surface area (Å²) in [4.78, 5) is 23.9. The molecule has 1 atom stereocenters. The second kappa shape index (κ2) is 5.87. The maximum atomic E-state index is 12.1. The summed E-state index contributed by atoms with van der Waals surface area (Å²) in [6.45, 7) is 0.650. The van der Waals surface area contributed by atoms with Crippen LogP contribution in [0.5, 0.6) is 0 Å². The lowest BCUT2D eigenvalue weighted by Gasteiger charge is -2.10. The first-order valence-electron chi connectivity index (χ1n) is 6.55. The minimum Gasteiger partial charge on any atom is -0.355 e. The number of carbonyl (C=O) groups is 2. The minimum atomic E-state index is -0.176. The minimum absolute atomic E-state index is 0.0719. The van der Waals surface area contributed by atoms with Crippen LogP contribution in [0.1, 0.15) is 27.6 Å². The molecule has 3 rings (SSSR count). The molecular weight excluding hydrogens is 308 g/mol. The van der Waals surface area contributed by atoms with Crippen LogP contribution in [0.3, 0.4) is 0 Å². The van der Waals surface area contributed by atoms with E-state index in [1.165, 1.54) is 11.3 Å². The van der Waals surface area contributed by atoms with Crippen LogP contribution in [0.25, 0.3) is 0 Å². The van der Waals surface area contributed by atoms with Crippen LogP contribution in [-0.4, -0.2) is 18.4 Å². The van der Waals surface area contributed by atoms with Crippen LogP contribution in [0.2, 0.25) is 4.34 Å². The first-order valence-corrected chi connectivity index (χ1v) is 7.74. The number of anilines is 1. The van der Waals surface area contributed by atoms with Crippen molar-refractivity contribution in [3.63, 3.8) is 0 Å². The molecule has 108 valence electrons. The third-order valence-corrected chi connectivity index (χ3v) is 4.62. The number of carbonyl (C=O) groups excluding carboxylic acids is 2. The van der Waals surface area contributed by atoms with E-state index >= 15 is 0 Å². The molecule has 21 heavy (non-hydrogen) atoms.